The predicted molar refractivity (Wildman–Crippen MR) is 181 cm³/mol. The van der Waals surface area contributed by atoms with Gasteiger partial charge >= 0.3 is 0 Å². The first kappa shape index (κ1) is 9.02. The molecule has 0 aliphatic rings. The summed E-state index contributed by atoms with van der Waals surface area (Å²) in [4.78, 5) is 0. The van der Waals surface area contributed by atoms with Gasteiger partial charge in [-0.2, -0.15) is 0 Å². The molecule has 0 aliphatic carbocycles. The molecule has 0 heteroatoms. The molecule has 0 N–H and O–H groups in total. The number of fused-ring (bicyclic) bond motifs is 3. The van der Waals surface area contributed by atoms with Crippen molar-refractivity contribution >= 4 is 32.3 Å². The highest BCUT2D eigenvalue weighted by Crippen LogP contribution is 2.46. The average molecular weight is 561 g/mol. The molecule has 42 heavy (non-hydrogen) atoms. The highest BCUT2D eigenvalue weighted by Gasteiger charge is 2.19. The van der Waals surface area contributed by atoms with Gasteiger partial charge < -0.3 is 0 Å². The topological polar surface area (TPSA) is 0 Å². The number of hydrogen-bond acceptors (Lipinski definition) is 0. The second-order valence-electron chi connectivity index (χ2n) is 8.75. The summed E-state index contributed by atoms with van der Waals surface area (Å²) in [7, 11) is 0. The van der Waals surface area contributed by atoms with E-state index in [1.54, 1.807) is 0 Å². The summed E-state index contributed by atoms with van der Waals surface area (Å²) < 4.78 is 250. The van der Waals surface area contributed by atoms with Crippen LogP contribution in [0.1, 0.15) is 38.4 Å². The van der Waals surface area contributed by atoms with Crippen LogP contribution >= 0.6 is 0 Å². The Morgan fingerprint density at radius 1 is 0.286 bits per heavy atom. The van der Waals surface area contributed by atoms with Crippen molar-refractivity contribution in [2.45, 2.75) is 0 Å². The van der Waals surface area contributed by atoms with Gasteiger partial charge in [-0.3, -0.25) is 0 Å². The van der Waals surface area contributed by atoms with Crippen LogP contribution in [0.15, 0.2) is 169 Å². The van der Waals surface area contributed by atoms with E-state index in [0.717, 1.165) is 0 Å². The molecule has 0 spiro atoms. The number of hydrogen-bond donors (Lipinski definition) is 0. The van der Waals surface area contributed by atoms with Crippen molar-refractivity contribution in [2.75, 3.05) is 0 Å². The predicted octanol–water partition coefficient (Wildman–Crippen LogP) is 11.8. The van der Waals surface area contributed by atoms with Crippen LogP contribution in [0.25, 0.3) is 76.8 Å². The van der Waals surface area contributed by atoms with Crippen molar-refractivity contribution in [3.63, 3.8) is 0 Å². The summed E-state index contributed by atoms with van der Waals surface area (Å²) >= 11 is 0. The first-order valence-corrected chi connectivity index (χ1v) is 12.2. The lowest BCUT2D eigenvalue weighted by Gasteiger charge is -2.20. The Bertz CT molecular complexity index is 3560. The van der Waals surface area contributed by atoms with Gasteiger partial charge in [-0.05, 0) is 95.0 Å². The summed E-state index contributed by atoms with van der Waals surface area (Å²) in [6, 6.07) is -28.4. The molecule has 0 nitrogen and oxygen atoms in total. The van der Waals surface area contributed by atoms with Gasteiger partial charge in [-0.1, -0.05) is 151 Å². The third-order valence-electron chi connectivity index (χ3n) is 6.44. The van der Waals surface area contributed by atoms with Gasteiger partial charge in [0.25, 0.3) is 0 Å². The molecule has 0 heterocycles. The van der Waals surface area contributed by atoms with Gasteiger partial charge in [0.2, 0.25) is 0 Å². The monoisotopic (exact) mass is 560 g/mol. The maximum absolute atomic E-state index is 9.86. The van der Waals surface area contributed by atoms with Gasteiger partial charge in [0.1, 0.15) is 0 Å². The van der Waals surface area contributed by atoms with E-state index in [2.05, 4.69) is 0 Å². The lowest BCUT2D eigenvalue weighted by atomic mass is 9.83. The van der Waals surface area contributed by atoms with Gasteiger partial charge in [-0.25, -0.2) is 0 Å². The first-order chi connectivity index (χ1) is 32.5. The average Bonchev–Trinajstić information content (AvgIpc) is 3.32. The van der Waals surface area contributed by atoms with Crippen LogP contribution in [0.4, 0.5) is 0 Å². The summed E-state index contributed by atoms with van der Waals surface area (Å²) in [5.74, 6) is 0. The molecule has 196 valence electrons. The lowest BCUT2D eigenvalue weighted by molar-refractivity contribution is 1.58. The smallest absolute Gasteiger partial charge is 0.0622 e. The Morgan fingerprint density at radius 3 is 1.24 bits per heavy atom. The fourth-order valence-corrected chi connectivity index (χ4v) is 4.72. The Labute approximate surface area is 285 Å². The van der Waals surface area contributed by atoms with E-state index >= 15 is 0 Å². The number of rotatable bonds is 4. The minimum atomic E-state index is -1.16. The zero-order valence-corrected chi connectivity index (χ0v) is 21.0. The van der Waals surface area contributed by atoms with Crippen LogP contribution in [0.5, 0.6) is 0 Å². The molecule has 0 saturated carbocycles. The first-order valence-electron chi connectivity index (χ1n) is 26.2. The van der Waals surface area contributed by atoms with Gasteiger partial charge in [0.15, 0.2) is 0 Å². The zero-order chi connectivity index (χ0) is 52.2. The van der Waals surface area contributed by atoms with E-state index in [4.69, 9.17) is 27.4 Å². The third-order valence-corrected chi connectivity index (χ3v) is 6.44. The minimum Gasteiger partial charge on any atom is -0.0622 e. The molecular formula is C42H28. The maximum atomic E-state index is 9.86. The molecule has 0 atom stereocenters. The van der Waals surface area contributed by atoms with Gasteiger partial charge in [0.05, 0.1) is 38.4 Å². The standard InChI is InChI=1S/C42H28/c1-3-14-29(15-4-1)32-26-33(30-16-5-2-6-17-30)28-34(27-32)41-37-21-9-11-23-39(37)42(40-24-12-10-22-38(40)41)36-25-13-19-31-18-7-8-20-35(31)36/h1-28H/i1D,2D,3D,4D,5D,6D,7D,8D,9D,10D,11D,12D,13D,14D,15D,16D,17D,18D,19D,20D,21D,22D,23D,24D,25D,26D,27D,28D. The second kappa shape index (κ2) is 10.2. The van der Waals surface area contributed by atoms with Crippen molar-refractivity contribution in [1.82, 2.24) is 0 Å². The lowest BCUT2D eigenvalue weighted by Crippen LogP contribution is -1.92. The molecule has 0 aromatic heterocycles. The summed E-state index contributed by atoms with van der Waals surface area (Å²) in [6.45, 7) is 0. The van der Waals surface area contributed by atoms with Crippen molar-refractivity contribution in [1.29, 1.82) is 0 Å². The summed E-state index contributed by atoms with van der Waals surface area (Å²) in [5, 5.41) is -4.63. The molecule has 0 amide bonds. The summed E-state index contributed by atoms with van der Waals surface area (Å²) in [5.41, 5.74) is -7.10. The van der Waals surface area contributed by atoms with Crippen molar-refractivity contribution in [2.24, 2.45) is 0 Å². The van der Waals surface area contributed by atoms with Crippen molar-refractivity contribution < 1.29 is 38.4 Å². The Morgan fingerprint density at radius 2 is 0.690 bits per heavy atom. The van der Waals surface area contributed by atoms with Crippen molar-refractivity contribution in [3.05, 3.63) is 169 Å². The Kier molecular flexibility index (Phi) is 2.19. The van der Waals surface area contributed by atoms with Crippen LogP contribution in [0, 0.1) is 0 Å². The van der Waals surface area contributed by atoms with Crippen LogP contribution in [0.3, 0.4) is 0 Å². The molecule has 0 aliphatic heterocycles. The molecule has 0 bridgehead atoms. The van der Waals surface area contributed by atoms with E-state index in [9.17, 15) is 11.0 Å². The van der Waals surface area contributed by atoms with Gasteiger partial charge in [0, 0.05) is 0 Å². The van der Waals surface area contributed by atoms with E-state index in [0.29, 0.717) is 0 Å². The molecule has 8 rings (SSSR count). The zero-order valence-electron chi connectivity index (χ0n) is 49.0. The highest BCUT2D eigenvalue weighted by molar-refractivity contribution is 6.23. The van der Waals surface area contributed by atoms with E-state index < -0.39 is 246 Å². The SMILES string of the molecule is [2H]c1c([2H])c([2H])c(-c2c([2H])c(-c3c([2H])c([2H])c([2H])c([2H])c3[2H])c([2H])c(-c3c4c([2H])c([2H])c([2H])c([2H])c4c(-c4c([2H])c([2H])c([2H])c5c([2H])c([2H])c([2H])c([2H])c45)c4c([2H])c([2H])c([2H])c([2H])c34)c2[2H])c([2H])c1[2H]. The molecular weight excluding hydrogens is 504 g/mol. The molecule has 0 saturated heterocycles. The van der Waals surface area contributed by atoms with E-state index in [-0.39, 0.29) is 0 Å². The Hall–Kier alpha value is -5.46. The van der Waals surface area contributed by atoms with Crippen LogP contribution in [-0.4, -0.2) is 0 Å². The third kappa shape index (κ3) is 4.08. The van der Waals surface area contributed by atoms with Crippen LogP contribution in [0.2, 0.25) is 0 Å². The molecule has 0 fully saturated rings. The molecule has 8 aromatic rings. The highest BCUT2D eigenvalue weighted by atomic mass is 14.2. The molecule has 8 aromatic carbocycles. The maximum Gasteiger partial charge on any atom is 0.0636 e. The Balaban J connectivity index is 1.83. The van der Waals surface area contributed by atoms with Crippen molar-refractivity contribution in [3.8, 4) is 44.5 Å². The van der Waals surface area contributed by atoms with Crippen LogP contribution in [-0.2, 0) is 0 Å². The normalized spacial score (nSPS) is 20.7. The minimum absolute atomic E-state index is 0.659. The molecule has 0 radical (unpaired) electrons. The largest absolute Gasteiger partial charge is 0.0636 e. The van der Waals surface area contributed by atoms with E-state index in [1.165, 1.54) is 0 Å². The fourth-order valence-electron chi connectivity index (χ4n) is 4.72. The van der Waals surface area contributed by atoms with Gasteiger partial charge in [-0.15, -0.1) is 0 Å². The van der Waals surface area contributed by atoms with E-state index in [1.807, 2.05) is 0 Å². The fraction of sp³-hybridized carbons (Fsp3) is 0. The molecule has 0 unspecified atom stereocenters. The van der Waals surface area contributed by atoms with Crippen LogP contribution < -0.4 is 0 Å². The second-order valence-corrected chi connectivity index (χ2v) is 8.75. The number of benzene rings is 8. The summed E-state index contributed by atoms with van der Waals surface area (Å²) in [6.07, 6.45) is 0. The quantitative estimate of drug-likeness (QED) is 0.188.